The molecule has 2 aromatic carbocycles. The Morgan fingerprint density at radius 2 is 1.67 bits per heavy atom. The molecule has 2 aromatic rings. The maximum atomic E-state index is 13.0. The Labute approximate surface area is 158 Å². The van der Waals surface area contributed by atoms with Gasteiger partial charge in [0.25, 0.3) is 5.91 Å². The van der Waals surface area contributed by atoms with E-state index in [1.807, 2.05) is 74.5 Å². The molecule has 140 valence electrons. The molecule has 6 nitrogen and oxygen atoms in total. The van der Waals surface area contributed by atoms with E-state index in [1.54, 1.807) is 0 Å². The molecule has 0 bridgehead atoms. The van der Waals surface area contributed by atoms with Gasteiger partial charge in [0.05, 0.1) is 6.04 Å². The lowest BCUT2D eigenvalue weighted by Gasteiger charge is -2.25. The number of carbonyl (C=O) groups excluding carboxylic acids is 3. The average molecular weight is 365 g/mol. The van der Waals surface area contributed by atoms with Crippen molar-refractivity contribution in [3.8, 4) is 0 Å². The highest BCUT2D eigenvalue weighted by Crippen LogP contribution is 2.32. The third kappa shape index (κ3) is 3.56. The maximum absolute atomic E-state index is 13.0. The van der Waals surface area contributed by atoms with Crippen LogP contribution in [0, 0.1) is 0 Å². The maximum Gasteiger partial charge on any atom is 0.325 e. The SMILES string of the molecule is CCC1(c2ccccc2)NC(=O)N(CC(=O)NC(C)c2ccccc2)C1=O. The molecular weight excluding hydrogens is 342 g/mol. The summed E-state index contributed by atoms with van der Waals surface area (Å²) in [7, 11) is 0. The van der Waals surface area contributed by atoms with E-state index >= 15 is 0 Å². The van der Waals surface area contributed by atoms with Crippen molar-refractivity contribution in [3.63, 3.8) is 0 Å². The van der Waals surface area contributed by atoms with Gasteiger partial charge in [-0.1, -0.05) is 67.6 Å². The predicted molar refractivity (Wildman–Crippen MR) is 102 cm³/mol. The third-order valence-corrected chi connectivity index (χ3v) is 4.95. The topological polar surface area (TPSA) is 78.5 Å². The first-order valence-electron chi connectivity index (χ1n) is 9.02. The van der Waals surface area contributed by atoms with Crippen molar-refractivity contribution in [1.29, 1.82) is 0 Å². The first-order valence-corrected chi connectivity index (χ1v) is 9.02. The number of hydrogen-bond acceptors (Lipinski definition) is 3. The van der Waals surface area contributed by atoms with Crippen molar-refractivity contribution >= 4 is 17.8 Å². The van der Waals surface area contributed by atoms with Gasteiger partial charge < -0.3 is 10.6 Å². The van der Waals surface area contributed by atoms with Gasteiger partial charge >= 0.3 is 6.03 Å². The van der Waals surface area contributed by atoms with Crippen molar-refractivity contribution in [3.05, 3.63) is 71.8 Å². The normalized spacial score (nSPS) is 20.3. The molecule has 3 rings (SSSR count). The second kappa shape index (κ2) is 7.61. The van der Waals surface area contributed by atoms with E-state index in [9.17, 15) is 14.4 Å². The molecule has 0 aromatic heterocycles. The first kappa shape index (κ1) is 18.6. The van der Waals surface area contributed by atoms with Crippen LogP contribution in [-0.4, -0.2) is 29.3 Å². The number of amides is 4. The van der Waals surface area contributed by atoms with Crippen LogP contribution in [0.15, 0.2) is 60.7 Å². The van der Waals surface area contributed by atoms with E-state index in [1.165, 1.54) is 0 Å². The zero-order chi connectivity index (χ0) is 19.4. The number of urea groups is 1. The largest absolute Gasteiger partial charge is 0.348 e. The summed E-state index contributed by atoms with van der Waals surface area (Å²) in [6, 6.07) is 17.9. The van der Waals surface area contributed by atoms with Gasteiger partial charge in [-0.05, 0) is 24.5 Å². The summed E-state index contributed by atoms with van der Waals surface area (Å²) < 4.78 is 0. The fraction of sp³-hybridized carbons (Fsp3) is 0.286. The monoisotopic (exact) mass is 365 g/mol. The van der Waals surface area contributed by atoms with Crippen LogP contribution >= 0.6 is 0 Å². The Kier molecular flexibility index (Phi) is 5.26. The minimum Gasteiger partial charge on any atom is -0.348 e. The van der Waals surface area contributed by atoms with Gasteiger partial charge in [-0.15, -0.1) is 0 Å². The summed E-state index contributed by atoms with van der Waals surface area (Å²) in [6.45, 7) is 3.39. The van der Waals surface area contributed by atoms with Gasteiger partial charge in [-0.25, -0.2) is 4.79 Å². The van der Waals surface area contributed by atoms with Crippen LogP contribution in [0.5, 0.6) is 0 Å². The molecule has 2 atom stereocenters. The molecular formula is C21H23N3O3. The molecule has 0 aliphatic carbocycles. The summed E-state index contributed by atoms with van der Waals surface area (Å²) in [4.78, 5) is 38.9. The zero-order valence-electron chi connectivity index (χ0n) is 15.4. The summed E-state index contributed by atoms with van der Waals surface area (Å²) in [6.07, 6.45) is 0.403. The molecule has 6 heteroatoms. The van der Waals surface area contributed by atoms with Crippen molar-refractivity contribution in [1.82, 2.24) is 15.5 Å². The van der Waals surface area contributed by atoms with Gasteiger partial charge in [-0.3, -0.25) is 14.5 Å². The Morgan fingerprint density at radius 3 is 2.26 bits per heavy atom. The molecule has 4 amide bonds. The summed E-state index contributed by atoms with van der Waals surface area (Å²) >= 11 is 0. The van der Waals surface area contributed by atoms with Gasteiger partial charge in [0.1, 0.15) is 12.1 Å². The fourth-order valence-electron chi connectivity index (χ4n) is 3.39. The van der Waals surface area contributed by atoms with E-state index in [0.717, 1.165) is 10.5 Å². The Hall–Kier alpha value is -3.15. The lowest BCUT2D eigenvalue weighted by molar-refractivity contribution is -0.135. The number of imide groups is 1. The molecule has 1 fully saturated rings. The van der Waals surface area contributed by atoms with E-state index in [0.29, 0.717) is 12.0 Å². The van der Waals surface area contributed by atoms with E-state index in [-0.39, 0.29) is 18.5 Å². The summed E-state index contributed by atoms with van der Waals surface area (Å²) in [5, 5.41) is 5.62. The van der Waals surface area contributed by atoms with Gasteiger partial charge in [-0.2, -0.15) is 0 Å². The van der Waals surface area contributed by atoms with E-state index < -0.39 is 17.5 Å². The number of nitrogens with zero attached hydrogens (tertiary/aromatic N) is 1. The molecule has 1 saturated heterocycles. The highest BCUT2D eigenvalue weighted by molar-refractivity contribution is 6.09. The van der Waals surface area contributed by atoms with Crippen LogP contribution in [0.25, 0.3) is 0 Å². The van der Waals surface area contributed by atoms with Gasteiger partial charge in [0.2, 0.25) is 5.91 Å². The molecule has 1 heterocycles. The smallest absolute Gasteiger partial charge is 0.325 e. The average Bonchev–Trinajstić information content (AvgIpc) is 2.94. The van der Waals surface area contributed by atoms with Gasteiger partial charge in [0.15, 0.2) is 0 Å². The van der Waals surface area contributed by atoms with Crippen LogP contribution in [0.4, 0.5) is 4.79 Å². The quantitative estimate of drug-likeness (QED) is 0.773. The van der Waals surface area contributed by atoms with Crippen LogP contribution in [0.1, 0.15) is 37.4 Å². The second-order valence-corrected chi connectivity index (χ2v) is 6.65. The van der Waals surface area contributed by atoms with Crippen molar-refractivity contribution < 1.29 is 14.4 Å². The standard InChI is InChI=1S/C21H23N3O3/c1-3-21(17-12-8-5-9-13-17)19(26)24(20(27)23-21)14-18(25)22-15(2)16-10-6-4-7-11-16/h4-13,15H,3,14H2,1-2H3,(H,22,25)(H,23,27). The summed E-state index contributed by atoms with van der Waals surface area (Å²) in [5.41, 5.74) is 0.547. The van der Waals surface area contributed by atoms with Crippen molar-refractivity contribution in [2.45, 2.75) is 31.8 Å². The molecule has 0 spiro atoms. The van der Waals surface area contributed by atoms with E-state index in [2.05, 4.69) is 10.6 Å². The number of benzene rings is 2. The number of nitrogens with one attached hydrogen (secondary N) is 2. The van der Waals surface area contributed by atoms with E-state index in [4.69, 9.17) is 0 Å². The lowest BCUT2D eigenvalue weighted by Crippen LogP contribution is -2.45. The van der Waals surface area contributed by atoms with Crippen LogP contribution in [-0.2, 0) is 15.1 Å². The highest BCUT2D eigenvalue weighted by Gasteiger charge is 2.51. The second-order valence-electron chi connectivity index (χ2n) is 6.65. The molecule has 0 radical (unpaired) electrons. The predicted octanol–water partition coefficient (Wildman–Crippen LogP) is 2.72. The zero-order valence-corrected chi connectivity index (χ0v) is 15.4. The van der Waals surface area contributed by atoms with Gasteiger partial charge in [0, 0.05) is 0 Å². The fourth-order valence-corrected chi connectivity index (χ4v) is 3.39. The number of rotatable bonds is 6. The minimum atomic E-state index is -1.12. The van der Waals surface area contributed by atoms with Crippen molar-refractivity contribution in [2.24, 2.45) is 0 Å². The minimum absolute atomic E-state index is 0.218. The summed E-state index contributed by atoms with van der Waals surface area (Å²) in [5.74, 6) is -0.779. The number of hydrogen-bond donors (Lipinski definition) is 2. The number of carbonyl (C=O) groups is 3. The first-order chi connectivity index (χ1) is 13.0. The Morgan fingerprint density at radius 1 is 1.07 bits per heavy atom. The van der Waals surface area contributed by atoms with Crippen LogP contribution in [0.3, 0.4) is 0 Å². The molecule has 0 saturated carbocycles. The Bertz CT molecular complexity index is 838. The molecule has 1 aliphatic heterocycles. The molecule has 1 aliphatic rings. The molecule has 2 N–H and O–H groups in total. The Balaban J connectivity index is 1.73. The highest BCUT2D eigenvalue weighted by atomic mass is 16.2. The third-order valence-electron chi connectivity index (χ3n) is 4.95. The van der Waals surface area contributed by atoms with Crippen LogP contribution < -0.4 is 10.6 Å². The molecule has 2 unspecified atom stereocenters. The molecule has 27 heavy (non-hydrogen) atoms. The lowest BCUT2D eigenvalue weighted by atomic mass is 9.87. The van der Waals surface area contributed by atoms with Crippen LogP contribution in [0.2, 0.25) is 0 Å². The van der Waals surface area contributed by atoms with Crippen molar-refractivity contribution in [2.75, 3.05) is 6.54 Å².